The van der Waals surface area contributed by atoms with Gasteiger partial charge in [0.05, 0.1) is 25.4 Å². The van der Waals surface area contributed by atoms with E-state index in [0.29, 0.717) is 23.4 Å². The number of carbonyl (C=O) groups excluding carboxylic acids is 1. The van der Waals surface area contributed by atoms with Gasteiger partial charge in [-0.2, -0.15) is 0 Å². The number of carbonyl (C=O) groups is 1. The van der Waals surface area contributed by atoms with Gasteiger partial charge in [-0.3, -0.25) is 4.84 Å². The van der Waals surface area contributed by atoms with Gasteiger partial charge in [0.25, 0.3) is 0 Å². The second kappa shape index (κ2) is 9.63. The summed E-state index contributed by atoms with van der Waals surface area (Å²) in [7, 11) is -0.976. The van der Waals surface area contributed by atoms with Crippen LogP contribution in [0.5, 0.6) is 0 Å². The van der Waals surface area contributed by atoms with E-state index in [1.165, 1.54) is 19.1 Å². The van der Waals surface area contributed by atoms with Gasteiger partial charge in [0.2, 0.25) is 8.32 Å². The summed E-state index contributed by atoms with van der Waals surface area (Å²) < 4.78 is 18.8. The Morgan fingerprint density at radius 3 is 2.44 bits per heavy atom. The van der Waals surface area contributed by atoms with Crippen LogP contribution in [0.4, 0.5) is 0 Å². The largest absolute Gasteiger partial charge is 0.467 e. The van der Waals surface area contributed by atoms with Crippen molar-refractivity contribution in [3.8, 4) is 0 Å². The van der Waals surface area contributed by atoms with Crippen molar-refractivity contribution in [3.05, 3.63) is 35.9 Å². The molecule has 0 aromatic heterocycles. The highest BCUT2D eigenvalue weighted by Gasteiger charge is 2.71. The normalized spacial score (nSPS) is 37.2. The van der Waals surface area contributed by atoms with Crippen LogP contribution in [0.25, 0.3) is 0 Å². The van der Waals surface area contributed by atoms with Gasteiger partial charge in [-0.15, -0.1) is 0 Å². The number of ether oxygens (including phenoxy) is 2. The molecule has 8 heteroatoms. The van der Waals surface area contributed by atoms with Crippen LogP contribution in [0.1, 0.15) is 71.3 Å². The summed E-state index contributed by atoms with van der Waals surface area (Å²) in [5.74, 6) is 0.00921. The van der Waals surface area contributed by atoms with Crippen LogP contribution in [0.2, 0.25) is 16.6 Å². The monoisotopic (exact) mass is 489 g/mol. The molecule has 0 amide bonds. The fraction of sp³-hybridized carbons (Fsp3) is 0.731. The molecular formula is C26H39NO6Si. The molecule has 0 N–H and O–H groups in total. The number of hydrogen-bond donors (Lipinski definition) is 0. The van der Waals surface area contributed by atoms with E-state index in [4.69, 9.17) is 23.6 Å². The predicted molar refractivity (Wildman–Crippen MR) is 129 cm³/mol. The Balaban J connectivity index is 1.39. The van der Waals surface area contributed by atoms with Crippen LogP contribution in [0, 0.1) is 0 Å². The molecule has 4 aliphatic rings. The lowest BCUT2D eigenvalue weighted by atomic mass is 9.81. The summed E-state index contributed by atoms with van der Waals surface area (Å²) in [6.07, 6.45) is 4.02. The Morgan fingerprint density at radius 2 is 1.76 bits per heavy atom. The molecule has 34 heavy (non-hydrogen) atoms. The summed E-state index contributed by atoms with van der Waals surface area (Å²) in [6.45, 7) is 8.90. The van der Waals surface area contributed by atoms with Crippen molar-refractivity contribution in [2.24, 2.45) is 0 Å². The van der Waals surface area contributed by atoms with E-state index in [0.717, 1.165) is 19.3 Å². The Kier molecular flexibility index (Phi) is 6.91. The van der Waals surface area contributed by atoms with Gasteiger partial charge >= 0.3 is 5.97 Å². The first-order valence-electron chi connectivity index (χ1n) is 13.0. The Labute approximate surface area is 204 Å². The quantitative estimate of drug-likeness (QED) is 0.408. The molecule has 1 aromatic carbocycles. The molecule has 3 aliphatic heterocycles. The van der Waals surface area contributed by atoms with Crippen molar-refractivity contribution in [2.45, 2.75) is 113 Å². The van der Waals surface area contributed by atoms with Gasteiger partial charge in [-0.1, -0.05) is 76.1 Å². The number of rotatable bonds is 6. The van der Waals surface area contributed by atoms with Gasteiger partial charge in [0.15, 0.2) is 12.4 Å². The second-order valence-electron chi connectivity index (χ2n) is 10.9. The molecule has 1 aliphatic carbocycles. The molecule has 0 unspecified atom stereocenters. The Hall–Kier alpha value is -1.29. The first-order chi connectivity index (χ1) is 16.4. The van der Waals surface area contributed by atoms with E-state index in [1.807, 2.05) is 0 Å². The minimum absolute atomic E-state index is 0.0300. The van der Waals surface area contributed by atoms with Crippen LogP contribution in [-0.4, -0.2) is 57.3 Å². The van der Waals surface area contributed by atoms with Crippen molar-refractivity contribution >= 4 is 14.3 Å². The molecule has 1 saturated carbocycles. The molecule has 7 atom stereocenters. The van der Waals surface area contributed by atoms with Crippen LogP contribution in [-0.2, 0) is 28.4 Å². The SMILES string of the molecule is COC(=O)[C@@H]1ON2O[C@H](O[C@H]3CCCC[C@@H]3c3ccccc3)C[C@H]3O[Si](C(C)C)(C(C)C)[C@@H]1[C@H]32. The van der Waals surface area contributed by atoms with Crippen molar-refractivity contribution in [3.63, 3.8) is 0 Å². The van der Waals surface area contributed by atoms with E-state index in [-0.39, 0.29) is 29.8 Å². The highest BCUT2D eigenvalue weighted by molar-refractivity contribution is 6.79. The maximum absolute atomic E-state index is 12.8. The molecule has 3 heterocycles. The van der Waals surface area contributed by atoms with Gasteiger partial charge in [-0.05, 0) is 29.5 Å². The predicted octanol–water partition coefficient (Wildman–Crippen LogP) is 5.08. The minimum atomic E-state index is -2.40. The zero-order valence-corrected chi connectivity index (χ0v) is 22.0. The van der Waals surface area contributed by atoms with Gasteiger partial charge in [0.1, 0.15) is 0 Å². The average Bonchev–Trinajstić information content (AvgIpc) is 3.39. The summed E-state index contributed by atoms with van der Waals surface area (Å²) in [5, 5.41) is 1.55. The first kappa shape index (κ1) is 24.4. The number of hydroxylamine groups is 2. The van der Waals surface area contributed by atoms with Gasteiger partial charge in [-0.25, -0.2) is 9.63 Å². The molecule has 1 aromatic rings. The third-order valence-electron chi connectivity index (χ3n) is 8.55. The van der Waals surface area contributed by atoms with Crippen LogP contribution in [0.15, 0.2) is 30.3 Å². The average molecular weight is 490 g/mol. The first-order valence-corrected chi connectivity index (χ1v) is 15.1. The fourth-order valence-electron chi connectivity index (χ4n) is 7.10. The fourth-order valence-corrected chi connectivity index (χ4v) is 13.0. The molecule has 4 fully saturated rings. The van der Waals surface area contributed by atoms with Gasteiger partial charge < -0.3 is 13.9 Å². The van der Waals surface area contributed by atoms with E-state index in [2.05, 4.69) is 58.0 Å². The molecule has 7 nitrogen and oxygen atoms in total. The molecule has 188 valence electrons. The second-order valence-corrected chi connectivity index (χ2v) is 15.8. The molecule has 3 saturated heterocycles. The zero-order valence-electron chi connectivity index (χ0n) is 21.0. The lowest BCUT2D eigenvalue weighted by Crippen LogP contribution is -2.51. The number of benzene rings is 1. The Bertz CT molecular complexity index is 858. The van der Waals surface area contributed by atoms with Crippen LogP contribution in [0.3, 0.4) is 0 Å². The van der Waals surface area contributed by atoms with Crippen LogP contribution < -0.4 is 0 Å². The number of methoxy groups -OCH3 is 1. The summed E-state index contributed by atoms with van der Waals surface area (Å²) in [5.41, 5.74) is 1.96. The molecule has 0 spiro atoms. The van der Waals surface area contributed by atoms with Crippen molar-refractivity contribution < 1.29 is 28.4 Å². The highest BCUT2D eigenvalue weighted by Crippen LogP contribution is 2.59. The standard InChI is InChI=1S/C26H39NO6Si/c1-16(2)34(17(3)4)25-23-21(33-34)15-22(31-27(23)32-24(25)26(28)29-5)30-20-14-10-9-13-19(20)18-11-7-6-8-12-18/h6-8,11-12,16-17,19-25H,9-10,13-15H2,1-5H3/t19-,20+,21-,22+,23+,24-,25-/m1/s1. The molecular weight excluding hydrogens is 450 g/mol. The minimum Gasteiger partial charge on any atom is -0.467 e. The number of esters is 1. The van der Waals surface area contributed by atoms with Crippen LogP contribution >= 0.6 is 0 Å². The summed E-state index contributed by atoms with van der Waals surface area (Å²) >= 11 is 0. The van der Waals surface area contributed by atoms with Gasteiger partial charge in [0, 0.05) is 17.9 Å². The Morgan fingerprint density at radius 1 is 1.06 bits per heavy atom. The molecule has 5 rings (SSSR count). The lowest BCUT2D eigenvalue weighted by Gasteiger charge is -2.41. The zero-order chi connectivity index (χ0) is 24.0. The topological polar surface area (TPSA) is 66.5 Å². The van der Waals surface area contributed by atoms with E-state index in [1.54, 1.807) is 5.23 Å². The van der Waals surface area contributed by atoms with Crippen molar-refractivity contribution in [2.75, 3.05) is 7.11 Å². The van der Waals surface area contributed by atoms with E-state index < -0.39 is 20.7 Å². The maximum Gasteiger partial charge on any atom is 0.337 e. The van der Waals surface area contributed by atoms with Crippen molar-refractivity contribution in [1.82, 2.24) is 5.23 Å². The van der Waals surface area contributed by atoms with E-state index in [9.17, 15) is 4.79 Å². The number of hydrogen-bond acceptors (Lipinski definition) is 7. The van der Waals surface area contributed by atoms with E-state index >= 15 is 0 Å². The molecule has 0 bridgehead atoms. The third kappa shape index (κ3) is 3.96. The maximum atomic E-state index is 12.8. The number of nitrogens with zero attached hydrogens (tertiary/aromatic N) is 1. The highest BCUT2D eigenvalue weighted by atomic mass is 28.4. The van der Waals surface area contributed by atoms with Crippen molar-refractivity contribution in [1.29, 1.82) is 0 Å². The smallest absolute Gasteiger partial charge is 0.337 e. The third-order valence-corrected chi connectivity index (χ3v) is 14.6. The summed E-state index contributed by atoms with van der Waals surface area (Å²) in [6, 6.07) is 10.6. The molecule has 0 radical (unpaired) electrons. The lowest BCUT2D eigenvalue weighted by molar-refractivity contribution is -0.446. The summed E-state index contributed by atoms with van der Waals surface area (Å²) in [4.78, 5) is 25.2.